The molecular formula is C30H24F3N5O3. The number of carbonyl (C=O) groups is 1. The summed E-state index contributed by atoms with van der Waals surface area (Å²) in [6, 6.07) is 21.1. The van der Waals surface area contributed by atoms with Gasteiger partial charge in [-0.3, -0.25) is 9.69 Å². The van der Waals surface area contributed by atoms with Crippen molar-refractivity contribution in [2.45, 2.75) is 12.7 Å². The summed E-state index contributed by atoms with van der Waals surface area (Å²) in [5.41, 5.74) is 0.687. The van der Waals surface area contributed by atoms with Gasteiger partial charge in [0.15, 0.2) is 28.5 Å². The Balaban J connectivity index is 1.12. The lowest BCUT2D eigenvalue weighted by Gasteiger charge is -2.34. The van der Waals surface area contributed by atoms with E-state index in [1.54, 1.807) is 17.0 Å². The number of piperazine rings is 1. The van der Waals surface area contributed by atoms with E-state index < -0.39 is 17.8 Å². The highest BCUT2D eigenvalue weighted by Crippen LogP contribution is 2.34. The maximum absolute atomic E-state index is 14.1. The summed E-state index contributed by atoms with van der Waals surface area (Å²) in [7, 11) is 0. The van der Waals surface area contributed by atoms with Crippen LogP contribution in [0.15, 0.2) is 72.8 Å². The number of fused-ring (bicyclic) bond motifs is 3. The third-order valence-corrected chi connectivity index (χ3v) is 7.48. The van der Waals surface area contributed by atoms with E-state index in [1.807, 2.05) is 48.5 Å². The second-order valence-electron chi connectivity index (χ2n) is 10.1. The Morgan fingerprint density at radius 2 is 1.63 bits per heavy atom. The molecule has 0 N–H and O–H groups in total. The van der Waals surface area contributed by atoms with E-state index in [4.69, 9.17) is 9.47 Å². The third kappa shape index (κ3) is 4.82. The van der Waals surface area contributed by atoms with Crippen LogP contribution >= 0.6 is 0 Å². The number of hydrogen-bond donors (Lipinski definition) is 0. The van der Waals surface area contributed by atoms with E-state index in [0.717, 1.165) is 33.9 Å². The zero-order valence-electron chi connectivity index (χ0n) is 21.8. The van der Waals surface area contributed by atoms with Crippen LogP contribution in [0.5, 0.6) is 11.5 Å². The number of aromatic nitrogens is 3. The average Bonchev–Trinajstić information content (AvgIpc) is 3.63. The van der Waals surface area contributed by atoms with Crippen LogP contribution in [-0.2, 0) is 12.7 Å². The highest BCUT2D eigenvalue weighted by molar-refractivity contribution is 5.93. The highest BCUT2D eigenvalue weighted by atomic mass is 19.4. The number of alkyl halides is 3. The van der Waals surface area contributed by atoms with Gasteiger partial charge in [0.1, 0.15) is 0 Å². The normalized spacial score (nSPS) is 15.6. The fourth-order valence-corrected chi connectivity index (χ4v) is 5.35. The molecule has 2 aliphatic rings. The maximum Gasteiger partial charge on any atom is 0.433 e. The predicted octanol–water partition coefficient (Wildman–Crippen LogP) is 5.26. The lowest BCUT2D eigenvalue weighted by Crippen LogP contribution is -2.48. The molecule has 11 heteroatoms. The molecule has 0 unspecified atom stereocenters. The smallest absolute Gasteiger partial charge is 0.433 e. The number of rotatable bonds is 4. The van der Waals surface area contributed by atoms with Crippen LogP contribution in [0.4, 0.5) is 13.2 Å². The minimum atomic E-state index is -4.69. The van der Waals surface area contributed by atoms with Crippen LogP contribution in [0, 0.1) is 0 Å². The second-order valence-corrected chi connectivity index (χ2v) is 10.1. The van der Waals surface area contributed by atoms with Crippen molar-refractivity contribution in [2.75, 3.05) is 33.0 Å². The summed E-state index contributed by atoms with van der Waals surface area (Å²) in [4.78, 5) is 21.6. The van der Waals surface area contributed by atoms with Gasteiger partial charge in [-0.05, 0) is 40.6 Å². The molecule has 2 aromatic heterocycles. The summed E-state index contributed by atoms with van der Waals surface area (Å²) >= 11 is 0. The van der Waals surface area contributed by atoms with Crippen molar-refractivity contribution in [3.8, 4) is 22.8 Å². The minimum absolute atomic E-state index is 0.0345. The molecule has 0 saturated carbocycles. The Bertz CT molecular complexity index is 1790. The zero-order valence-corrected chi connectivity index (χ0v) is 21.8. The number of nitrogens with zero attached hydrogens (tertiary/aromatic N) is 5. The first-order valence-corrected chi connectivity index (χ1v) is 13.2. The van der Waals surface area contributed by atoms with Crippen LogP contribution in [0.2, 0.25) is 0 Å². The average molecular weight is 560 g/mol. The van der Waals surface area contributed by atoms with Crippen molar-refractivity contribution in [2.24, 2.45) is 0 Å². The Kier molecular flexibility index (Phi) is 6.04. The Morgan fingerprint density at radius 1 is 0.854 bits per heavy atom. The first kappa shape index (κ1) is 25.3. The van der Waals surface area contributed by atoms with Gasteiger partial charge in [-0.25, -0.2) is 9.50 Å². The van der Waals surface area contributed by atoms with Crippen LogP contribution in [-0.4, -0.2) is 63.3 Å². The van der Waals surface area contributed by atoms with Gasteiger partial charge in [-0.2, -0.15) is 18.3 Å². The number of benzene rings is 3. The number of carbonyl (C=O) groups excluding carboxylic acids is 1. The Labute approximate surface area is 232 Å². The lowest BCUT2D eigenvalue weighted by molar-refractivity contribution is -0.142. The van der Waals surface area contributed by atoms with Crippen molar-refractivity contribution in [3.05, 3.63) is 89.7 Å². The van der Waals surface area contributed by atoms with Gasteiger partial charge in [0, 0.05) is 44.4 Å². The summed E-state index contributed by atoms with van der Waals surface area (Å²) < 4.78 is 53.9. The lowest BCUT2D eigenvalue weighted by atomic mass is 10.0. The number of amides is 1. The molecule has 1 amide bonds. The first-order chi connectivity index (χ1) is 19.8. The van der Waals surface area contributed by atoms with E-state index in [0.29, 0.717) is 42.8 Å². The van der Waals surface area contributed by atoms with E-state index in [2.05, 4.69) is 15.0 Å². The SMILES string of the molecule is O=C(c1cc2nc(-c3ccc4ccccc4c3)cc(C(F)(F)F)n2n1)N1CCN(Cc2ccc3c(c2)OCO3)CC1. The van der Waals surface area contributed by atoms with Gasteiger partial charge >= 0.3 is 6.18 Å². The highest BCUT2D eigenvalue weighted by Gasteiger charge is 2.36. The van der Waals surface area contributed by atoms with Crippen LogP contribution in [0.25, 0.3) is 27.7 Å². The van der Waals surface area contributed by atoms with Gasteiger partial charge in [0.25, 0.3) is 5.91 Å². The standard InChI is InChI=1S/C30H24F3N5O3/c31-30(32,33)27-15-23(22-7-6-20-3-1-2-4-21(20)14-22)34-28-16-24(35-38(27)28)29(39)37-11-9-36(10-12-37)17-19-5-8-25-26(13-19)41-18-40-25/h1-8,13-16H,9-12,17-18H2. The Hall–Kier alpha value is -4.64. The van der Waals surface area contributed by atoms with E-state index in [1.165, 1.54) is 6.07 Å². The van der Waals surface area contributed by atoms with Crippen molar-refractivity contribution >= 4 is 22.3 Å². The zero-order chi connectivity index (χ0) is 28.1. The van der Waals surface area contributed by atoms with E-state index in [-0.39, 0.29) is 23.8 Å². The van der Waals surface area contributed by atoms with Gasteiger partial charge in [0.05, 0.1) is 5.69 Å². The van der Waals surface area contributed by atoms with Crippen molar-refractivity contribution in [1.29, 1.82) is 0 Å². The van der Waals surface area contributed by atoms with Crippen LogP contribution in [0.1, 0.15) is 21.7 Å². The summed E-state index contributed by atoms with van der Waals surface area (Å²) in [5, 5.41) is 5.93. The van der Waals surface area contributed by atoms with Gasteiger partial charge in [0.2, 0.25) is 6.79 Å². The van der Waals surface area contributed by atoms with Crippen molar-refractivity contribution < 1.29 is 27.4 Å². The molecule has 41 heavy (non-hydrogen) atoms. The van der Waals surface area contributed by atoms with E-state index in [9.17, 15) is 18.0 Å². The molecular weight excluding hydrogens is 535 g/mol. The summed E-state index contributed by atoms with van der Waals surface area (Å²) in [5.74, 6) is 1.03. The molecule has 2 aliphatic heterocycles. The molecule has 3 aromatic carbocycles. The molecule has 4 heterocycles. The van der Waals surface area contributed by atoms with Gasteiger partial charge in [-0.1, -0.05) is 42.5 Å². The van der Waals surface area contributed by atoms with E-state index >= 15 is 0 Å². The summed E-state index contributed by atoms with van der Waals surface area (Å²) in [6.07, 6.45) is -4.69. The fourth-order valence-electron chi connectivity index (χ4n) is 5.35. The fraction of sp³-hybridized carbons (Fsp3) is 0.233. The molecule has 0 aliphatic carbocycles. The van der Waals surface area contributed by atoms with Crippen molar-refractivity contribution in [1.82, 2.24) is 24.4 Å². The molecule has 1 saturated heterocycles. The van der Waals surface area contributed by atoms with Crippen LogP contribution < -0.4 is 9.47 Å². The van der Waals surface area contributed by atoms with Crippen molar-refractivity contribution in [3.63, 3.8) is 0 Å². The number of ether oxygens (including phenoxy) is 2. The molecule has 7 rings (SSSR count). The quantitative estimate of drug-likeness (QED) is 0.299. The molecule has 0 atom stereocenters. The number of hydrogen-bond acceptors (Lipinski definition) is 6. The molecule has 0 bridgehead atoms. The third-order valence-electron chi connectivity index (χ3n) is 7.48. The minimum Gasteiger partial charge on any atom is -0.454 e. The summed E-state index contributed by atoms with van der Waals surface area (Å²) in [6.45, 7) is 2.99. The second kappa shape index (κ2) is 9.77. The molecule has 1 fully saturated rings. The molecule has 0 spiro atoms. The molecule has 5 aromatic rings. The predicted molar refractivity (Wildman–Crippen MR) is 145 cm³/mol. The van der Waals surface area contributed by atoms with Gasteiger partial charge in [-0.15, -0.1) is 0 Å². The molecule has 208 valence electrons. The monoisotopic (exact) mass is 559 g/mol. The topological polar surface area (TPSA) is 72.2 Å². The number of halogens is 3. The van der Waals surface area contributed by atoms with Gasteiger partial charge < -0.3 is 14.4 Å². The largest absolute Gasteiger partial charge is 0.454 e. The molecule has 8 nitrogen and oxygen atoms in total. The first-order valence-electron chi connectivity index (χ1n) is 13.2. The maximum atomic E-state index is 14.1. The Morgan fingerprint density at radius 3 is 2.44 bits per heavy atom. The van der Waals surface area contributed by atoms with Crippen LogP contribution in [0.3, 0.4) is 0 Å². The molecule has 0 radical (unpaired) electrons.